The molecular formula is C19H22O6. The van der Waals surface area contributed by atoms with Crippen LogP contribution in [-0.4, -0.2) is 39.6 Å². The summed E-state index contributed by atoms with van der Waals surface area (Å²) >= 11 is 0. The van der Waals surface area contributed by atoms with Crippen LogP contribution in [0, 0.1) is 0 Å². The largest absolute Gasteiger partial charge is 0.497 e. The Morgan fingerprint density at radius 1 is 0.880 bits per heavy atom. The molecule has 0 saturated heterocycles. The summed E-state index contributed by atoms with van der Waals surface area (Å²) in [5.41, 5.74) is 1.55. The van der Waals surface area contributed by atoms with Gasteiger partial charge in [0.1, 0.15) is 23.7 Å². The molecule has 1 aliphatic rings. The van der Waals surface area contributed by atoms with Crippen molar-refractivity contribution in [3.63, 3.8) is 0 Å². The molecule has 0 radical (unpaired) electrons. The highest BCUT2D eigenvalue weighted by molar-refractivity contribution is 5.47. The number of hydrogen-bond donors (Lipinski definition) is 1. The molecule has 3 unspecified atom stereocenters. The fourth-order valence-electron chi connectivity index (χ4n) is 3.09. The molecule has 0 amide bonds. The number of benzene rings is 2. The van der Waals surface area contributed by atoms with Gasteiger partial charge in [0.25, 0.3) is 0 Å². The van der Waals surface area contributed by atoms with E-state index in [1.54, 1.807) is 46.6 Å². The molecule has 134 valence electrons. The van der Waals surface area contributed by atoms with Crippen molar-refractivity contribution < 1.29 is 28.8 Å². The second-order valence-corrected chi connectivity index (χ2v) is 5.70. The predicted octanol–water partition coefficient (Wildman–Crippen LogP) is 2.89. The Kier molecular flexibility index (Phi) is 5.01. The van der Waals surface area contributed by atoms with Crippen LogP contribution in [0.5, 0.6) is 23.0 Å². The lowest BCUT2D eigenvalue weighted by molar-refractivity contribution is -0.0870. The van der Waals surface area contributed by atoms with Crippen LogP contribution in [0.1, 0.15) is 23.3 Å². The number of fused-ring (bicyclic) bond motifs is 1. The van der Waals surface area contributed by atoms with Crippen molar-refractivity contribution in [2.75, 3.05) is 28.4 Å². The topological polar surface area (TPSA) is 66.4 Å². The Balaban J connectivity index is 2.02. The number of rotatable bonds is 5. The maximum Gasteiger partial charge on any atom is 0.161 e. The molecule has 1 N–H and O–H groups in total. The lowest BCUT2D eigenvalue weighted by Crippen LogP contribution is -2.35. The molecule has 25 heavy (non-hydrogen) atoms. The maximum absolute atomic E-state index is 10.8. The molecule has 0 spiro atoms. The summed E-state index contributed by atoms with van der Waals surface area (Å²) in [5.74, 6) is 2.48. The van der Waals surface area contributed by atoms with E-state index in [0.717, 1.165) is 11.1 Å². The first-order chi connectivity index (χ1) is 12.1. The van der Waals surface area contributed by atoms with E-state index in [9.17, 15) is 5.11 Å². The highest BCUT2D eigenvalue weighted by Crippen LogP contribution is 2.45. The zero-order valence-corrected chi connectivity index (χ0v) is 14.7. The van der Waals surface area contributed by atoms with Crippen LogP contribution >= 0.6 is 0 Å². The number of hydrogen-bond acceptors (Lipinski definition) is 6. The van der Waals surface area contributed by atoms with Crippen molar-refractivity contribution in [1.29, 1.82) is 0 Å². The summed E-state index contributed by atoms with van der Waals surface area (Å²) in [6.07, 6.45) is -1.99. The third-order valence-electron chi connectivity index (χ3n) is 4.39. The summed E-state index contributed by atoms with van der Waals surface area (Å²) in [6, 6.07) is 10.9. The van der Waals surface area contributed by atoms with Gasteiger partial charge in [-0.05, 0) is 29.8 Å². The minimum atomic E-state index is -0.871. The van der Waals surface area contributed by atoms with Crippen molar-refractivity contribution in [2.24, 2.45) is 0 Å². The van der Waals surface area contributed by atoms with Gasteiger partial charge in [-0.3, -0.25) is 0 Å². The van der Waals surface area contributed by atoms with Gasteiger partial charge in [-0.2, -0.15) is 0 Å². The third kappa shape index (κ3) is 3.10. The monoisotopic (exact) mass is 346 g/mol. The van der Waals surface area contributed by atoms with E-state index in [-0.39, 0.29) is 0 Å². The van der Waals surface area contributed by atoms with E-state index >= 15 is 0 Å². The summed E-state index contributed by atoms with van der Waals surface area (Å²) in [4.78, 5) is 0. The molecule has 1 heterocycles. The average molecular weight is 346 g/mol. The van der Waals surface area contributed by atoms with E-state index in [2.05, 4.69) is 0 Å². The second kappa shape index (κ2) is 7.21. The zero-order valence-electron chi connectivity index (χ0n) is 14.7. The SMILES string of the molecule is COc1ccc2c(c1)OC(c1ccc(OC)c(OC)c1)C(O)C2OC. The molecule has 3 atom stereocenters. The molecule has 2 aromatic carbocycles. The first-order valence-electron chi connectivity index (χ1n) is 7.90. The molecule has 6 nitrogen and oxygen atoms in total. The highest BCUT2D eigenvalue weighted by atomic mass is 16.5. The molecule has 0 saturated carbocycles. The lowest BCUT2D eigenvalue weighted by atomic mass is 9.92. The van der Waals surface area contributed by atoms with Crippen molar-refractivity contribution in [3.05, 3.63) is 47.5 Å². The van der Waals surface area contributed by atoms with Gasteiger partial charge in [0, 0.05) is 18.7 Å². The molecular weight excluding hydrogens is 324 g/mol. The van der Waals surface area contributed by atoms with E-state index in [1.807, 2.05) is 18.2 Å². The lowest BCUT2D eigenvalue weighted by Gasteiger charge is -2.36. The van der Waals surface area contributed by atoms with Gasteiger partial charge in [0.05, 0.1) is 21.3 Å². The minimum Gasteiger partial charge on any atom is -0.497 e. The molecule has 0 aliphatic carbocycles. The van der Waals surface area contributed by atoms with Gasteiger partial charge in [-0.25, -0.2) is 0 Å². The van der Waals surface area contributed by atoms with Gasteiger partial charge < -0.3 is 28.8 Å². The highest BCUT2D eigenvalue weighted by Gasteiger charge is 2.39. The third-order valence-corrected chi connectivity index (χ3v) is 4.39. The van der Waals surface area contributed by atoms with Gasteiger partial charge in [0.15, 0.2) is 17.6 Å². The van der Waals surface area contributed by atoms with Gasteiger partial charge >= 0.3 is 0 Å². The molecule has 0 aromatic heterocycles. The standard InChI is InChI=1S/C19H22O6/c1-21-12-6-7-13-15(10-12)25-18(17(20)19(13)24-4)11-5-8-14(22-2)16(9-11)23-3/h5-10,17-20H,1-4H3. The van der Waals surface area contributed by atoms with Crippen molar-refractivity contribution in [1.82, 2.24) is 0 Å². The van der Waals surface area contributed by atoms with Crippen LogP contribution in [0.15, 0.2) is 36.4 Å². The van der Waals surface area contributed by atoms with Crippen LogP contribution in [0.4, 0.5) is 0 Å². The number of ether oxygens (including phenoxy) is 5. The van der Waals surface area contributed by atoms with Crippen molar-refractivity contribution in [2.45, 2.75) is 18.3 Å². The Morgan fingerprint density at radius 3 is 2.28 bits per heavy atom. The molecule has 1 aliphatic heterocycles. The van der Waals surface area contributed by atoms with Gasteiger partial charge in [-0.1, -0.05) is 6.07 Å². The molecule has 0 fully saturated rings. The Morgan fingerprint density at radius 2 is 1.64 bits per heavy atom. The fourth-order valence-corrected chi connectivity index (χ4v) is 3.09. The summed E-state index contributed by atoms with van der Waals surface area (Å²) in [6.45, 7) is 0. The predicted molar refractivity (Wildman–Crippen MR) is 91.7 cm³/mol. The van der Waals surface area contributed by atoms with E-state index in [1.165, 1.54) is 0 Å². The Hall–Kier alpha value is -2.44. The Labute approximate surface area is 146 Å². The van der Waals surface area contributed by atoms with Crippen LogP contribution in [0.25, 0.3) is 0 Å². The second-order valence-electron chi connectivity index (χ2n) is 5.70. The molecule has 0 bridgehead atoms. The van der Waals surface area contributed by atoms with Crippen LogP contribution in [-0.2, 0) is 4.74 Å². The van der Waals surface area contributed by atoms with Crippen LogP contribution in [0.2, 0.25) is 0 Å². The van der Waals surface area contributed by atoms with Gasteiger partial charge in [0.2, 0.25) is 0 Å². The number of methoxy groups -OCH3 is 4. The average Bonchev–Trinajstić information content (AvgIpc) is 2.66. The summed E-state index contributed by atoms with van der Waals surface area (Å²) in [7, 11) is 6.31. The van der Waals surface area contributed by atoms with Gasteiger partial charge in [-0.15, -0.1) is 0 Å². The zero-order chi connectivity index (χ0) is 18.0. The smallest absolute Gasteiger partial charge is 0.161 e. The summed E-state index contributed by atoms with van der Waals surface area (Å²) in [5, 5.41) is 10.8. The number of aliphatic hydroxyl groups excluding tert-OH is 1. The number of aliphatic hydroxyl groups is 1. The van der Waals surface area contributed by atoms with Crippen LogP contribution in [0.3, 0.4) is 0 Å². The van der Waals surface area contributed by atoms with E-state index < -0.39 is 18.3 Å². The minimum absolute atomic E-state index is 0.507. The van der Waals surface area contributed by atoms with Crippen LogP contribution < -0.4 is 18.9 Å². The molecule has 3 rings (SSSR count). The fraction of sp³-hybridized carbons (Fsp3) is 0.368. The van der Waals surface area contributed by atoms with Crippen molar-refractivity contribution >= 4 is 0 Å². The quantitative estimate of drug-likeness (QED) is 0.898. The molecule has 6 heteroatoms. The van der Waals surface area contributed by atoms with Crippen molar-refractivity contribution in [3.8, 4) is 23.0 Å². The summed E-state index contributed by atoms with van der Waals surface area (Å²) < 4.78 is 27.5. The maximum atomic E-state index is 10.8. The Bertz CT molecular complexity index is 745. The first-order valence-corrected chi connectivity index (χ1v) is 7.90. The normalized spacial score (nSPS) is 21.9. The molecule has 2 aromatic rings. The van der Waals surface area contributed by atoms with E-state index in [0.29, 0.717) is 23.0 Å². The van der Waals surface area contributed by atoms with E-state index in [4.69, 9.17) is 23.7 Å². The first kappa shape index (κ1) is 17.4.